The Morgan fingerprint density at radius 2 is 1.76 bits per heavy atom. The second-order valence-corrected chi connectivity index (χ2v) is 7.19. The normalized spacial score (nSPS) is 11.6. The van der Waals surface area contributed by atoms with Gasteiger partial charge < -0.3 is 14.8 Å². The maximum atomic E-state index is 12.9. The molecule has 150 valence electrons. The van der Waals surface area contributed by atoms with Gasteiger partial charge in [-0.25, -0.2) is 0 Å². The summed E-state index contributed by atoms with van der Waals surface area (Å²) < 4.78 is 11.9. The summed E-state index contributed by atoms with van der Waals surface area (Å²) in [5.74, 6) is 1.63. The molecule has 0 aliphatic rings. The minimum atomic E-state index is -0.640. The van der Waals surface area contributed by atoms with E-state index in [0.29, 0.717) is 34.4 Å². The number of amides is 1. The Kier molecular flexibility index (Phi) is 6.78. The summed E-state index contributed by atoms with van der Waals surface area (Å²) in [7, 11) is 0. The van der Waals surface area contributed by atoms with Gasteiger partial charge in [0.1, 0.15) is 11.5 Å². The van der Waals surface area contributed by atoms with Crippen LogP contribution in [0.25, 0.3) is 0 Å². The van der Waals surface area contributed by atoms with Crippen LogP contribution in [0.15, 0.2) is 66.7 Å². The molecule has 0 spiro atoms. The lowest BCUT2D eigenvalue weighted by Gasteiger charge is -2.20. The molecule has 0 aliphatic heterocycles. The van der Waals surface area contributed by atoms with Gasteiger partial charge in [0.05, 0.1) is 5.69 Å². The minimum absolute atomic E-state index is 0.256. The van der Waals surface area contributed by atoms with E-state index in [4.69, 9.17) is 21.1 Å². The van der Waals surface area contributed by atoms with Gasteiger partial charge in [-0.05, 0) is 67.8 Å². The smallest absolute Gasteiger partial charge is 0.265 e. The molecular formula is C24H24ClNO3. The molecule has 5 heteroatoms. The molecule has 4 nitrogen and oxygen atoms in total. The van der Waals surface area contributed by atoms with Crippen LogP contribution in [0.2, 0.25) is 5.02 Å². The Labute approximate surface area is 176 Å². The van der Waals surface area contributed by atoms with E-state index >= 15 is 0 Å². The Morgan fingerprint density at radius 1 is 1.00 bits per heavy atom. The molecule has 0 radical (unpaired) electrons. The van der Waals surface area contributed by atoms with Crippen LogP contribution in [0, 0.1) is 13.8 Å². The molecular weight excluding hydrogens is 386 g/mol. The summed E-state index contributed by atoms with van der Waals surface area (Å²) in [4.78, 5) is 12.9. The van der Waals surface area contributed by atoms with Gasteiger partial charge in [-0.1, -0.05) is 48.9 Å². The molecule has 0 fully saturated rings. The summed E-state index contributed by atoms with van der Waals surface area (Å²) in [6, 6.07) is 20.3. The number of carbonyl (C=O) groups excluding carboxylic acids is 1. The fraction of sp³-hybridized carbons (Fsp3) is 0.208. The highest BCUT2D eigenvalue weighted by molar-refractivity contribution is 6.31. The zero-order chi connectivity index (χ0) is 20.8. The van der Waals surface area contributed by atoms with Crippen molar-refractivity contribution in [3.8, 4) is 17.2 Å². The lowest BCUT2D eigenvalue weighted by Crippen LogP contribution is -2.32. The molecule has 0 saturated heterocycles. The number of ether oxygens (including phenoxy) is 2. The lowest BCUT2D eigenvalue weighted by molar-refractivity contribution is -0.122. The second-order valence-electron chi connectivity index (χ2n) is 6.76. The molecule has 3 aromatic rings. The van der Waals surface area contributed by atoms with Crippen LogP contribution in [0.1, 0.15) is 24.5 Å². The first-order chi connectivity index (χ1) is 14.0. The first-order valence-corrected chi connectivity index (χ1v) is 9.92. The van der Waals surface area contributed by atoms with Crippen LogP contribution in [0.3, 0.4) is 0 Å². The van der Waals surface area contributed by atoms with Crippen LogP contribution >= 0.6 is 11.6 Å². The average molecular weight is 410 g/mol. The van der Waals surface area contributed by atoms with E-state index in [9.17, 15) is 4.79 Å². The van der Waals surface area contributed by atoms with E-state index < -0.39 is 6.10 Å². The lowest BCUT2D eigenvalue weighted by atomic mass is 10.1. The molecule has 1 N–H and O–H groups in total. The monoisotopic (exact) mass is 409 g/mol. The van der Waals surface area contributed by atoms with Crippen molar-refractivity contribution in [2.45, 2.75) is 33.3 Å². The number of carbonyl (C=O) groups is 1. The van der Waals surface area contributed by atoms with Crippen molar-refractivity contribution in [1.29, 1.82) is 0 Å². The van der Waals surface area contributed by atoms with Crippen LogP contribution in [0.4, 0.5) is 5.69 Å². The Balaban J connectivity index is 1.79. The number of anilines is 1. The van der Waals surface area contributed by atoms with Crippen molar-refractivity contribution in [2.75, 3.05) is 5.32 Å². The molecule has 0 heterocycles. The number of halogens is 1. The minimum Gasteiger partial charge on any atom is -0.480 e. The van der Waals surface area contributed by atoms with E-state index in [1.54, 1.807) is 18.2 Å². The summed E-state index contributed by atoms with van der Waals surface area (Å²) in [5, 5.41) is 3.41. The van der Waals surface area contributed by atoms with E-state index in [2.05, 4.69) is 5.32 Å². The van der Waals surface area contributed by atoms with E-state index in [0.717, 1.165) is 11.1 Å². The summed E-state index contributed by atoms with van der Waals surface area (Å²) >= 11 is 6.15. The largest absolute Gasteiger partial charge is 0.480 e. The Morgan fingerprint density at radius 3 is 2.48 bits per heavy atom. The van der Waals surface area contributed by atoms with Gasteiger partial charge >= 0.3 is 0 Å². The third kappa shape index (κ3) is 5.30. The average Bonchev–Trinajstić information content (AvgIpc) is 2.72. The van der Waals surface area contributed by atoms with Crippen LogP contribution in [0.5, 0.6) is 17.2 Å². The predicted molar refractivity (Wildman–Crippen MR) is 117 cm³/mol. The van der Waals surface area contributed by atoms with Crippen LogP contribution in [-0.2, 0) is 4.79 Å². The Bertz CT molecular complexity index is 989. The highest BCUT2D eigenvalue weighted by Crippen LogP contribution is 2.32. The van der Waals surface area contributed by atoms with Gasteiger partial charge in [0.25, 0.3) is 5.91 Å². The topological polar surface area (TPSA) is 47.6 Å². The molecule has 0 unspecified atom stereocenters. The number of para-hydroxylation sites is 1. The number of rotatable bonds is 7. The second kappa shape index (κ2) is 9.48. The molecule has 29 heavy (non-hydrogen) atoms. The van der Waals surface area contributed by atoms with E-state index in [1.165, 1.54) is 0 Å². The van der Waals surface area contributed by atoms with Crippen molar-refractivity contribution in [2.24, 2.45) is 0 Å². The molecule has 3 rings (SSSR count). The number of aryl methyl sites for hydroxylation is 1. The first kappa shape index (κ1) is 20.7. The van der Waals surface area contributed by atoms with E-state index in [-0.39, 0.29) is 5.91 Å². The molecule has 0 aliphatic carbocycles. The molecule has 1 amide bonds. The van der Waals surface area contributed by atoms with Crippen molar-refractivity contribution < 1.29 is 14.3 Å². The summed E-state index contributed by atoms with van der Waals surface area (Å²) in [5.41, 5.74) is 2.63. The van der Waals surface area contributed by atoms with Crippen molar-refractivity contribution >= 4 is 23.2 Å². The summed E-state index contributed by atoms with van der Waals surface area (Å²) in [6.07, 6.45) is -0.117. The van der Waals surface area contributed by atoms with Gasteiger partial charge in [-0.15, -0.1) is 0 Å². The van der Waals surface area contributed by atoms with Crippen molar-refractivity contribution in [3.05, 3.63) is 82.9 Å². The first-order valence-electron chi connectivity index (χ1n) is 9.54. The van der Waals surface area contributed by atoms with Gasteiger partial charge in [0.2, 0.25) is 0 Å². The van der Waals surface area contributed by atoms with Crippen LogP contribution < -0.4 is 14.8 Å². The maximum Gasteiger partial charge on any atom is 0.265 e. The third-order valence-electron chi connectivity index (χ3n) is 4.66. The van der Waals surface area contributed by atoms with Gasteiger partial charge in [0.15, 0.2) is 11.9 Å². The van der Waals surface area contributed by atoms with Gasteiger partial charge in [-0.2, -0.15) is 0 Å². The van der Waals surface area contributed by atoms with Gasteiger partial charge in [-0.3, -0.25) is 4.79 Å². The molecule has 0 bridgehead atoms. The molecule has 3 aromatic carbocycles. The Hall–Kier alpha value is -2.98. The van der Waals surface area contributed by atoms with Crippen molar-refractivity contribution in [1.82, 2.24) is 0 Å². The zero-order valence-corrected chi connectivity index (χ0v) is 17.5. The van der Waals surface area contributed by atoms with Crippen molar-refractivity contribution in [3.63, 3.8) is 0 Å². The fourth-order valence-corrected chi connectivity index (χ4v) is 3.02. The highest BCUT2D eigenvalue weighted by Gasteiger charge is 2.21. The number of nitrogens with one attached hydrogen (secondary N) is 1. The molecule has 0 saturated carbocycles. The predicted octanol–water partition coefficient (Wildman–Crippen LogP) is 6.55. The highest BCUT2D eigenvalue weighted by atomic mass is 35.5. The summed E-state index contributed by atoms with van der Waals surface area (Å²) in [6.45, 7) is 5.91. The van der Waals surface area contributed by atoms with Gasteiger partial charge in [0, 0.05) is 5.02 Å². The molecule has 0 aromatic heterocycles. The zero-order valence-electron chi connectivity index (χ0n) is 16.7. The quantitative estimate of drug-likeness (QED) is 0.481. The number of hydrogen-bond acceptors (Lipinski definition) is 3. The third-order valence-corrected chi connectivity index (χ3v) is 4.89. The fourth-order valence-electron chi connectivity index (χ4n) is 2.84. The maximum absolute atomic E-state index is 12.9. The number of benzene rings is 3. The van der Waals surface area contributed by atoms with Crippen LogP contribution in [-0.4, -0.2) is 12.0 Å². The molecule has 1 atom stereocenters. The number of hydrogen-bond donors (Lipinski definition) is 1. The standard InChI is InChI=1S/C24H24ClNO3/c1-4-21(29-22-12-8-9-16(2)17(22)3)24(27)26-20-15-18(25)13-14-23(20)28-19-10-6-5-7-11-19/h5-15,21H,4H2,1-3H3,(H,26,27)/t21-/m0/s1. The van der Waals surface area contributed by atoms with E-state index in [1.807, 2.05) is 69.3 Å². The SMILES string of the molecule is CC[C@H](Oc1cccc(C)c1C)C(=O)Nc1cc(Cl)ccc1Oc1ccccc1.